The van der Waals surface area contributed by atoms with Crippen molar-refractivity contribution in [1.82, 2.24) is 25.0 Å². The molecular formula is C25H24N8. The summed E-state index contributed by atoms with van der Waals surface area (Å²) in [6.07, 6.45) is 3.82. The first kappa shape index (κ1) is 19.7. The third kappa shape index (κ3) is 3.57. The number of nitriles is 1. The molecule has 2 aliphatic rings. The highest BCUT2D eigenvalue weighted by Gasteiger charge is 2.21. The summed E-state index contributed by atoms with van der Waals surface area (Å²) in [6, 6.07) is 16.3. The predicted octanol–water partition coefficient (Wildman–Crippen LogP) is 3.02. The van der Waals surface area contributed by atoms with E-state index in [0.29, 0.717) is 5.56 Å². The van der Waals surface area contributed by atoms with Crippen LogP contribution >= 0.6 is 0 Å². The predicted molar refractivity (Wildman–Crippen MR) is 128 cm³/mol. The van der Waals surface area contributed by atoms with Gasteiger partial charge < -0.3 is 20.9 Å². The van der Waals surface area contributed by atoms with Crippen molar-refractivity contribution in [2.75, 3.05) is 36.4 Å². The minimum atomic E-state index is 0.587. The molecule has 164 valence electrons. The average Bonchev–Trinajstić information content (AvgIpc) is 3.49. The summed E-state index contributed by atoms with van der Waals surface area (Å²) in [7, 11) is 0. The number of anilines is 3. The van der Waals surface area contributed by atoms with Crippen LogP contribution in [0.1, 0.15) is 16.7 Å². The van der Waals surface area contributed by atoms with Gasteiger partial charge in [-0.05, 0) is 35.4 Å². The number of aromatic nitrogens is 3. The molecule has 0 amide bonds. The molecule has 1 aromatic carbocycles. The SMILES string of the molecule is N#Cc1ccn2c(Nc3ccc(N4CCNCC4)cn3)c(-c3cccc4c3CNC4)nc2c1. The smallest absolute Gasteiger partial charge is 0.144 e. The van der Waals surface area contributed by atoms with Crippen molar-refractivity contribution in [2.45, 2.75) is 13.1 Å². The van der Waals surface area contributed by atoms with Crippen LogP contribution in [0.15, 0.2) is 54.9 Å². The van der Waals surface area contributed by atoms with E-state index >= 15 is 0 Å². The zero-order chi connectivity index (χ0) is 22.2. The summed E-state index contributed by atoms with van der Waals surface area (Å²) in [6.45, 7) is 5.64. The van der Waals surface area contributed by atoms with E-state index in [1.165, 1.54) is 11.1 Å². The van der Waals surface area contributed by atoms with Crippen molar-refractivity contribution in [2.24, 2.45) is 0 Å². The summed E-state index contributed by atoms with van der Waals surface area (Å²) in [5, 5.41) is 19.7. The highest BCUT2D eigenvalue weighted by molar-refractivity contribution is 5.82. The summed E-state index contributed by atoms with van der Waals surface area (Å²) < 4.78 is 1.99. The van der Waals surface area contributed by atoms with Crippen LogP contribution < -0.4 is 20.9 Å². The van der Waals surface area contributed by atoms with Gasteiger partial charge in [-0.25, -0.2) is 9.97 Å². The molecule has 0 radical (unpaired) electrons. The number of imidazole rings is 1. The standard InChI is InChI=1S/C25H24N8/c26-13-17-6-9-33-23(12-17)31-24(20-3-1-2-18-14-28-16-21(18)20)25(33)30-22-5-4-19(15-29-22)32-10-7-27-8-11-32/h1-6,9,12,15,27-28H,7-8,10-11,14,16H2,(H,29,30). The van der Waals surface area contributed by atoms with E-state index in [2.05, 4.69) is 51.2 Å². The minimum absolute atomic E-state index is 0.587. The third-order valence-electron chi connectivity index (χ3n) is 6.38. The van der Waals surface area contributed by atoms with Crippen LogP contribution in [-0.4, -0.2) is 40.5 Å². The molecule has 0 unspecified atom stereocenters. The lowest BCUT2D eigenvalue weighted by atomic mass is 10.0. The fourth-order valence-electron chi connectivity index (χ4n) is 4.67. The number of rotatable bonds is 4. The molecule has 8 heteroatoms. The minimum Gasteiger partial charge on any atom is -0.368 e. The molecule has 0 saturated carbocycles. The van der Waals surface area contributed by atoms with Gasteiger partial charge >= 0.3 is 0 Å². The van der Waals surface area contributed by atoms with Crippen LogP contribution in [0.4, 0.5) is 17.3 Å². The maximum absolute atomic E-state index is 9.36. The Balaban J connectivity index is 1.42. The molecule has 4 aromatic rings. The largest absolute Gasteiger partial charge is 0.368 e. The van der Waals surface area contributed by atoms with Crippen molar-refractivity contribution in [3.63, 3.8) is 0 Å². The Bertz CT molecular complexity index is 1360. The lowest BCUT2D eigenvalue weighted by Crippen LogP contribution is -2.43. The Morgan fingerprint density at radius 1 is 1.03 bits per heavy atom. The number of piperazine rings is 1. The molecule has 3 aromatic heterocycles. The molecule has 1 saturated heterocycles. The molecule has 2 aliphatic heterocycles. The summed E-state index contributed by atoms with van der Waals surface area (Å²) in [5.41, 5.74) is 6.97. The molecule has 0 aliphatic carbocycles. The van der Waals surface area contributed by atoms with E-state index in [1.54, 1.807) is 0 Å². The summed E-state index contributed by atoms with van der Waals surface area (Å²) in [5.74, 6) is 1.60. The molecule has 8 nitrogen and oxygen atoms in total. The maximum atomic E-state index is 9.36. The topological polar surface area (TPSA) is 93.3 Å². The zero-order valence-corrected chi connectivity index (χ0v) is 18.2. The molecule has 0 spiro atoms. The second-order valence-corrected chi connectivity index (χ2v) is 8.37. The monoisotopic (exact) mass is 436 g/mol. The second-order valence-electron chi connectivity index (χ2n) is 8.37. The van der Waals surface area contributed by atoms with Gasteiger partial charge in [0.15, 0.2) is 0 Å². The van der Waals surface area contributed by atoms with E-state index in [9.17, 15) is 5.26 Å². The van der Waals surface area contributed by atoms with Gasteiger partial charge in [0.05, 0.1) is 23.5 Å². The third-order valence-corrected chi connectivity index (χ3v) is 6.38. The molecule has 0 atom stereocenters. The van der Waals surface area contributed by atoms with Crippen LogP contribution in [0.3, 0.4) is 0 Å². The normalized spacial score (nSPS) is 15.4. The van der Waals surface area contributed by atoms with Gasteiger partial charge in [0.2, 0.25) is 0 Å². The highest BCUT2D eigenvalue weighted by atomic mass is 15.2. The van der Waals surface area contributed by atoms with Gasteiger partial charge in [0, 0.05) is 51.0 Å². The number of pyridine rings is 2. The lowest BCUT2D eigenvalue weighted by molar-refractivity contribution is 0.589. The highest BCUT2D eigenvalue weighted by Crippen LogP contribution is 2.35. The van der Waals surface area contributed by atoms with Crippen molar-refractivity contribution in [3.05, 3.63) is 71.5 Å². The van der Waals surface area contributed by atoms with E-state index < -0.39 is 0 Å². The van der Waals surface area contributed by atoms with Crippen LogP contribution in [0.5, 0.6) is 0 Å². The number of benzene rings is 1. The van der Waals surface area contributed by atoms with Gasteiger partial charge in [0.1, 0.15) is 23.0 Å². The van der Waals surface area contributed by atoms with Crippen LogP contribution in [-0.2, 0) is 13.1 Å². The first-order valence-electron chi connectivity index (χ1n) is 11.2. The quantitative estimate of drug-likeness (QED) is 0.453. The molecule has 6 rings (SSSR count). The first-order chi connectivity index (χ1) is 16.3. The average molecular weight is 437 g/mol. The van der Waals surface area contributed by atoms with Gasteiger partial charge in [-0.2, -0.15) is 5.26 Å². The van der Waals surface area contributed by atoms with Crippen LogP contribution in [0.2, 0.25) is 0 Å². The van der Waals surface area contributed by atoms with E-state index in [0.717, 1.165) is 73.5 Å². The van der Waals surface area contributed by atoms with Crippen molar-refractivity contribution in [3.8, 4) is 17.3 Å². The Kier molecular flexibility index (Phi) is 4.91. The molecule has 5 heterocycles. The molecular weight excluding hydrogens is 412 g/mol. The number of hydrogen-bond donors (Lipinski definition) is 3. The Hall–Kier alpha value is -3.93. The summed E-state index contributed by atoms with van der Waals surface area (Å²) in [4.78, 5) is 12.0. The van der Waals surface area contributed by atoms with Gasteiger partial charge in [-0.1, -0.05) is 18.2 Å². The van der Waals surface area contributed by atoms with Crippen molar-refractivity contribution < 1.29 is 0 Å². The summed E-state index contributed by atoms with van der Waals surface area (Å²) >= 11 is 0. The maximum Gasteiger partial charge on any atom is 0.144 e. The lowest BCUT2D eigenvalue weighted by Gasteiger charge is -2.29. The number of nitrogens with one attached hydrogen (secondary N) is 3. The molecule has 3 N–H and O–H groups in total. The van der Waals surface area contributed by atoms with E-state index in [-0.39, 0.29) is 0 Å². The van der Waals surface area contributed by atoms with Crippen molar-refractivity contribution >= 4 is 23.0 Å². The first-order valence-corrected chi connectivity index (χ1v) is 11.2. The number of nitrogens with zero attached hydrogens (tertiary/aromatic N) is 5. The van der Waals surface area contributed by atoms with Gasteiger partial charge in [-0.3, -0.25) is 4.40 Å². The fourth-order valence-corrected chi connectivity index (χ4v) is 4.67. The van der Waals surface area contributed by atoms with Gasteiger partial charge in [0.25, 0.3) is 0 Å². The zero-order valence-electron chi connectivity index (χ0n) is 18.2. The fraction of sp³-hybridized carbons (Fsp3) is 0.240. The van der Waals surface area contributed by atoms with Crippen molar-refractivity contribution in [1.29, 1.82) is 5.26 Å². The Morgan fingerprint density at radius 2 is 1.94 bits per heavy atom. The molecule has 33 heavy (non-hydrogen) atoms. The Labute approximate surface area is 191 Å². The molecule has 1 fully saturated rings. The number of hydrogen-bond acceptors (Lipinski definition) is 7. The Morgan fingerprint density at radius 3 is 2.76 bits per heavy atom. The van der Waals surface area contributed by atoms with Gasteiger partial charge in [-0.15, -0.1) is 0 Å². The van der Waals surface area contributed by atoms with Crippen LogP contribution in [0, 0.1) is 11.3 Å². The van der Waals surface area contributed by atoms with Crippen LogP contribution in [0.25, 0.3) is 16.9 Å². The second kappa shape index (κ2) is 8.20. The van der Waals surface area contributed by atoms with E-state index in [4.69, 9.17) is 9.97 Å². The molecule has 0 bridgehead atoms. The number of fused-ring (bicyclic) bond motifs is 2. The van der Waals surface area contributed by atoms with E-state index in [1.807, 2.05) is 35.0 Å².